The molecule has 2 aromatic rings. The molecule has 0 saturated heterocycles. The van der Waals surface area contributed by atoms with Gasteiger partial charge in [0.1, 0.15) is 6.61 Å². The Labute approximate surface area is 93.2 Å². The molecule has 1 N–H and O–H groups in total. The number of fused-ring (bicyclic) bond motifs is 2. The van der Waals surface area contributed by atoms with E-state index >= 15 is 0 Å². The predicted molar refractivity (Wildman–Crippen MR) is 60.9 cm³/mol. The minimum absolute atomic E-state index is 0.0216. The molecule has 2 aromatic carbocycles. The van der Waals surface area contributed by atoms with Gasteiger partial charge in [-0.1, -0.05) is 24.3 Å². The largest absolute Gasteiger partial charge is 0.486 e. The van der Waals surface area contributed by atoms with Gasteiger partial charge >= 0.3 is 0 Å². The molecular weight excluding hydrogens is 204 g/mol. The number of benzene rings is 2. The molecule has 3 heteroatoms. The number of aliphatic hydroxyl groups excluding tert-OH is 1. The fourth-order valence-corrected chi connectivity index (χ4v) is 1.89. The third-order valence-electron chi connectivity index (χ3n) is 2.73. The lowest BCUT2D eigenvalue weighted by atomic mass is 10.1. The maximum Gasteiger partial charge on any atom is 0.162 e. The molecule has 0 aromatic heterocycles. The molecule has 0 radical (unpaired) electrons. The van der Waals surface area contributed by atoms with Crippen molar-refractivity contribution in [3.63, 3.8) is 0 Å². The van der Waals surface area contributed by atoms with E-state index in [2.05, 4.69) is 0 Å². The zero-order valence-corrected chi connectivity index (χ0v) is 8.72. The predicted octanol–water partition coefficient (Wildman–Crippen LogP) is 1.97. The van der Waals surface area contributed by atoms with Crippen LogP contribution < -0.4 is 9.47 Å². The topological polar surface area (TPSA) is 38.7 Å². The minimum atomic E-state index is -0.256. The van der Waals surface area contributed by atoms with Crippen LogP contribution >= 0.6 is 0 Å². The summed E-state index contributed by atoms with van der Waals surface area (Å²) in [5.41, 5.74) is 0. The minimum Gasteiger partial charge on any atom is -0.486 e. The summed E-state index contributed by atoms with van der Waals surface area (Å²) >= 11 is 0. The van der Waals surface area contributed by atoms with Crippen molar-refractivity contribution in [1.29, 1.82) is 0 Å². The summed E-state index contributed by atoms with van der Waals surface area (Å²) in [6, 6.07) is 12.0. The van der Waals surface area contributed by atoms with Gasteiger partial charge in [0.2, 0.25) is 0 Å². The summed E-state index contributed by atoms with van der Waals surface area (Å²) in [5.74, 6) is 1.47. The van der Waals surface area contributed by atoms with Crippen LogP contribution in [0, 0.1) is 0 Å². The van der Waals surface area contributed by atoms with E-state index in [0.29, 0.717) is 12.4 Å². The van der Waals surface area contributed by atoms with Crippen LogP contribution in [0.5, 0.6) is 11.5 Å². The highest BCUT2D eigenvalue weighted by Gasteiger charge is 2.20. The maximum atomic E-state index is 9.02. The maximum absolute atomic E-state index is 9.02. The van der Waals surface area contributed by atoms with Crippen LogP contribution in [0.2, 0.25) is 0 Å². The Morgan fingerprint density at radius 2 is 1.81 bits per heavy atom. The second-order valence-corrected chi connectivity index (χ2v) is 3.88. The normalized spacial score (nSPS) is 18.7. The Morgan fingerprint density at radius 1 is 1.12 bits per heavy atom. The summed E-state index contributed by atoms with van der Waals surface area (Å²) in [7, 11) is 0. The van der Waals surface area contributed by atoms with Crippen LogP contribution in [-0.4, -0.2) is 24.4 Å². The summed E-state index contributed by atoms with van der Waals surface area (Å²) in [6.45, 7) is 0.383. The summed E-state index contributed by atoms with van der Waals surface area (Å²) in [6.07, 6.45) is -0.256. The first-order chi connectivity index (χ1) is 7.86. The van der Waals surface area contributed by atoms with Crippen LogP contribution in [0.1, 0.15) is 0 Å². The molecule has 1 atom stereocenters. The quantitative estimate of drug-likeness (QED) is 0.792. The Hall–Kier alpha value is -1.74. The highest BCUT2D eigenvalue weighted by atomic mass is 16.6. The van der Waals surface area contributed by atoms with E-state index in [1.165, 1.54) is 0 Å². The zero-order valence-electron chi connectivity index (χ0n) is 8.72. The first-order valence-corrected chi connectivity index (χ1v) is 5.30. The van der Waals surface area contributed by atoms with Gasteiger partial charge in [0.25, 0.3) is 0 Å². The van der Waals surface area contributed by atoms with Gasteiger partial charge in [0.15, 0.2) is 17.6 Å². The first-order valence-electron chi connectivity index (χ1n) is 5.30. The molecule has 0 bridgehead atoms. The molecular formula is C13H12O3. The van der Waals surface area contributed by atoms with E-state index in [1.807, 2.05) is 36.4 Å². The second kappa shape index (κ2) is 3.68. The van der Waals surface area contributed by atoms with Gasteiger partial charge in [0.05, 0.1) is 6.61 Å². The molecule has 0 amide bonds. The van der Waals surface area contributed by atoms with Crippen molar-refractivity contribution in [2.45, 2.75) is 6.10 Å². The van der Waals surface area contributed by atoms with E-state index < -0.39 is 0 Å². The van der Waals surface area contributed by atoms with E-state index in [4.69, 9.17) is 14.6 Å². The van der Waals surface area contributed by atoms with Gasteiger partial charge in [0, 0.05) is 0 Å². The molecule has 82 valence electrons. The molecule has 3 nitrogen and oxygen atoms in total. The van der Waals surface area contributed by atoms with E-state index in [1.54, 1.807) is 0 Å². The van der Waals surface area contributed by atoms with Crippen molar-refractivity contribution in [2.75, 3.05) is 13.2 Å². The van der Waals surface area contributed by atoms with E-state index in [0.717, 1.165) is 16.5 Å². The summed E-state index contributed by atoms with van der Waals surface area (Å²) in [4.78, 5) is 0. The van der Waals surface area contributed by atoms with Crippen molar-refractivity contribution in [3.05, 3.63) is 36.4 Å². The summed E-state index contributed by atoms with van der Waals surface area (Å²) in [5, 5.41) is 11.3. The molecule has 1 heterocycles. The first kappa shape index (κ1) is 9.48. The fourth-order valence-electron chi connectivity index (χ4n) is 1.89. The second-order valence-electron chi connectivity index (χ2n) is 3.88. The van der Waals surface area contributed by atoms with Crippen LogP contribution in [0.3, 0.4) is 0 Å². The van der Waals surface area contributed by atoms with Gasteiger partial charge in [-0.15, -0.1) is 0 Å². The Morgan fingerprint density at radius 3 is 2.50 bits per heavy atom. The molecule has 0 spiro atoms. The Bertz CT molecular complexity index is 522. The zero-order chi connectivity index (χ0) is 11.0. The standard InChI is InChI=1S/C13H12O3/c14-7-11-8-15-12-5-9-3-1-2-4-10(9)6-13(12)16-11/h1-6,11,14H,7-8H2/t11-/m0/s1. The van der Waals surface area contributed by atoms with Gasteiger partial charge in [-0.3, -0.25) is 0 Å². The molecule has 1 aliphatic heterocycles. The third kappa shape index (κ3) is 1.49. The van der Waals surface area contributed by atoms with Crippen LogP contribution in [0.4, 0.5) is 0 Å². The number of hydrogen-bond acceptors (Lipinski definition) is 3. The highest BCUT2D eigenvalue weighted by Crippen LogP contribution is 2.35. The van der Waals surface area contributed by atoms with Crippen molar-refractivity contribution in [1.82, 2.24) is 0 Å². The van der Waals surface area contributed by atoms with Crippen LogP contribution in [0.25, 0.3) is 10.8 Å². The number of ether oxygens (including phenoxy) is 2. The van der Waals surface area contributed by atoms with Gasteiger partial charge in [-0.25, -0.2) is 0 Å². The average molecular weight is 216 g/mol. The highest BCUT2D eigenvalue weighted by molar-refractivity contribution is 5.86. The van der Waals surface area contributed by atoms with Crippen LogP contribution in [0.15, 0.2) is 36.4 Å². The smallest absolute Gasteiger partial charge is 0.162 e. The number of rotatable bonds is 1. The van der Waals surface area contributed by atoms with Crippen molar-refractivity contribution in [3.8, 4) is 11.5 Å². The van der Waals surface area contributed by atoms with Crippen molar-refractivity contribution >= 4 is 10.8 Å². The number of hydrogen-bond donors (Lipinski definition) is 1. The lowest BCUT2D eigenvalue weighted by Crippen LogP contribution is -2.32. The van der Waals surface area contributed by atoms with Crippen molar-refractivity contribution < 1.29 is 14.6 Å². The average Bonchev–Trinajstić information content (AvgIpc) is 2.35. The van der Waals surface area contributed by atoms with Crippen molar-refractivity contribution in [2.24, 2.45) is 0 Å². The fraction of sp³-hybridized carbons (Fsp3) is 0.231. The molecule has 3 rings (SSSR count). The van der Waals surface area contributed by atoms with Gasteiger partial charge in [-0.2, -0.15) is 0 Å². The van der Waals surface area contributed by atoms with Gasteiger partial charge < -0.3 is 14.6 Å². The van der Waals surface area contributed by atoms with Crippen LogP contribution in [-0.2, 0) is 0 Å². The Balaban J connectivity index is 2.10. The summed E-state index contributed by atoms with van der Waals surface area (Å²) < 4.78 is 11.2. The Kier molecular flexibility index (Phi) is 2.18. The molecule has 1 aliphatic rings. The van der Waals surface area contributed by atoms with E-state index in [-0.39, 0.29) is 12.7 Å². The lowest BCUT2D eigenvalue weighted by Gasteiger charge is -2.25. The molecule has 0 fully saturated rings. The molecule has 0 saturated carbocycles. The molecule has 0 aliphatic carbocycles. The number of aliphatic hydroxyl groups is 1. The molecule has 16 heavy (non-hydrogen) atoms. The lowest BCUT2D eigenvalue weighted by molar-refractivity contribution is 0.0459. The monoisotopic (exact) mass is 216 g/mol. The molecule has 0 unspecified atom stereocenters. The van der Waals surface area contributed by atoms with Gasteiger partial charge in [-0.05, 0) is 22.9 Å². The van der Waals surface area contributed by atoms with E-state index in [9.17, 15) is 0 Å². The SMILES string of the molecule is OC[C@H]1COc2cc3ccccc3cc2O1. The third-order valence-corrected chi connectivity index (χ3v) is 2.73.